The van der Waals surface area contributed by atoms with Crippen LogP contribution < -0.4 is 5.73 Å². The summed E-state index contributed by atoms with van der Waals surface area (Å²) < 4.78 is 5.23. The third kappa shape index (κ3) is 3.20. The van der Waals surface area contributed by atoms with E-state index in [4.69, 9.17) is 10.5 Å². The molecule has 2 unspecified atom stereocenters. The van der Waals surface area contributed by atoms with Crippen LogP contribution in [0, 0.1) is 5.92 Å². The molecular formula is C10H21NO3. The highest BCUT2D eigenvalue weighted by atomic mass is 16.5. The molecule has 84 valence electrons. The van der Waals surface area contributed by atoms with E-state index in [1.54, 1.807) is 6.92 Å². The summed E-state index contributed by atoms with van der Waals surface area (Å²) in [7, 11) is 0. The molecule has 2 atom stereocenters. The number of ether oxygens (including phenoxy) is 1. The predicted molar refractivity (Wildman–Crippen MR) is 53.8 cm³/mol. The van der Waals surface area contributed by atoms with E-state index < -0.39 is 11.7 Å². The van der Waals surface area contributed by atoms with Crippen LogP contribution in [0.5, 0.6) is 0 Å². The highest BCUT2D eigenvalue weighted by Crippen LogP contribution is 2.30. The second kappa shape index (κ2) is 5.07. The SMILES string of the molecule is CC(O)(CC(O)CN)C1CCOCC1. The van der Waals surface area contributed by atoms with Crippen LogP contribution in [-0.2, 0) is 4.74 Å². The number of nitrogens with two attached hydrogens (primary N) is 1. The summed E-state index contributed by atoms with van der Waals surface area (Å²) >= 11 is 0. The van der Waals surface area contributed by atoms with Gasteiger partial charge in [0, 0.05) is 26.2 Å². The van der Waals surface area contributed by atoms with Crippen molar-refractivity contribution in [1.82, 2.24) is 0 Å². The predicted octanol–water partition coefficient (Wildman–Crippen LogP) is -0.126. The van der Waals surface area contributed by atoms with Crippen molar-refractivity contribution in [3.05, 3.63) is 0 Å². The summed E-state index contributed by atoms with van der Waals surface area (Å²) in [6.07, 6.45) is 1.48. The van der Waals surface area contributed by atoms with Crippen LogP contribution in [0.15, 0.2) is 0 Å². The molecule has 0 aliphatic carbocycles. The van der Waals surface area contributed by atoms with E-state index in [0.29, 0.717) is 19.6 Å². The van der Waals surface area contributed by atoms with Crippen molar-refractivity contribution in [3.8, 4) is 0 Å². The van der Waals surface area contributed by atoms with Gasteiger partial charge in [-0.1, -0.05) is 0 Å². The molecule has 0 spiro atoms. The molecule has 0 saturated carbocycles. The second-order valence-electron chi connectivity index (χ2n) is 4.34. The monoisotopic (exact) mass is 203 g/mol. The van der Waals surface area contributed by atoms with Crippen molar-refractivity contribution >= 4 is 0 Å². The zero-order valence-electron chi connectivity index (χ0n) is 8.78. The number of hydrogen-bond donors (Lipinski definition) is 3. The van der Waals surface area contributed by atoms with E-state index in [1.807, 2.05) is 0 Å². The fraction of sp³-hybridized carbons (Fsp3) is 1.00. The van der Waals surface area contributed by atoms with E-state index in [1.165, 1.54) is 0 Å². The third-order valence-corrected chi connectivity index (χ3v) is 3.02. The van der Waals surface area contributed by atoms with E-state index >= 15 is 0 Å². The summed E-state index contributed by atoms with van der Waals surface area (Å²) in [5.74, 6) is 0.220. The first-order valence-corrected chi connectivity index (χ1v) is 5.24. The van der Waals surface area contributed by atoms with Gasteiger partial charge in [0.1, 0.15) is 0 Å². The molecule has 1 rings (SSSR count). The van der Waals surface area contributed by atoms with E-state index in [0.717, 1.165) is 12.8 Å². The molecule has 1 fully saturated rings. The average Bonchev–Trinajstić information content (AvgIpc) is 2.18. The van der Waals surface area contributed by atoms with Crippen LogP contribution in [0.3, 0.4) is 0 Å². The van der Waals surface area contributed by atoms with Gasteiger partial charge in [-0.05, 0) is 25.7 Å². The van der Waals surface area contributed by atoms with Crippen molar-refractivity contribution in [3.63, 3.8) is 0 Å². The van der Waals surface area contributed by atoms with Gasteiger partial charge in [-0.3, -0.25) is 0 Å². The lowest BCUT2D eigenvalue weighted by molar-refractivity contribution is -0.0765. The lowest BCUT2D eigenvalue weighted by atomic mass is 9.80. The Kier molecular flexibility index (Phi) is 4.31. The maximum Gasteiger partial charge on any atom is 0.0689 e. The summed E-state index contributed by atoms with van der Waals surface area (Å²) in [5, 5.41) is 19.6. The summed E-state index contributed by atoms with van der Waals surface area (Å²) in [6, 6.07) is 0. The molecule has 1 aliphatic rings. The molecule has 0 aromatic rings. The molecule has 4 nitrogen and oxygen atoms in total. The minimum absolute atomic E-state index is 0.208. The quantitative estimate of drug-likeness (QED) is 0.595. The van der Waals surface area contributed by atoms with Gasteiger partial charge in [-0.25, -0.2) is 0 Å². The van der Waals surface area contributed by atoms with Crippen LogP contribution in [0.25, 0.3) is 0 Å². The fourth-order valence-corrected chi connectivity index (χ4v) is 2.05. The van der Waals surface area contributed by atoms with Crippen molar-refractivity contribution < 1.29 is 14.9 Å². The number of aliphatic hydroxyl groups is 2. The largest absolute Gasteiger partial charge is 0.392 e. The Morgan fingerprint density at radius 3 is 2.57 bits per heavy atom. The standard InChI is InChI=1S/C10H21NO3/c1-10(13,6-9(12)7-11)8-2-4-14-5-3-8/h8-9,12-13H,2-7,11H2,1H3. The Labute approximate surface area is 85.1 Å². The molecule has 14 heavy (non-hydrogen) atoms. The zero-order valence-corrected chi connectivity index (χ0v) is 8.78. The molecule has 4 N–H and O–H groups in total. The van der Waals surface area contributed by atoms with E-state index in [2.05, 4.69) is 0 Å². The topological polar surface area (TPSA) is 75.7 Å². The van der Waals surface area contributed by atoms with Gasteiger partial charge in [-0.15, -0.1) is 0 Å². The lowest BCUT2D eigenvalue weighted by Crippen LogP contribution is -2.42. The van der Waals surface area contributed by atoms with Gasteiger partial charge in [0.05, 0.1) is 11.7 Å². The van der Waals surface area contributed by atoms with Gasteiger partial charge in [0.15, 0.2) is 0 Å². The first-order valence-electron chi connectivity index (χ1n) is 5.24. The first-order chi connectivity index (χ1) is 6.56. The van der Waals surface area contributed by atoms with Crippen molar-refractivity contribution in [2.75, 3.05) is 19.8 Å². The minimum Gasteiger partial charge on any atom is -0.392 e. The molecular weight excluding hydrogens is 182 g/mol. The minimum atomic E-state index is -0.817. The summed E-state index contributed by atoms with van der Waals surface area (Å²) in [4.78, 5) is 0. The Morgan fingerprint density at radius 2 is 2.07 bits per heavy atom. The highest BCUT2D eigenvalue weighted by Gasteiger charge is 2.34. The number of rotatable bonds is 4. The fourth-order valence-electron chi connectivity index (χ4n) is 2.05. The Bertz CT molecular complexity index is 167. The van der Waals surface area contributed by atoms with Crippen LogP contribution in [0.4, 0.5) is 0 Å². The second-order valence-corrected chi connectivity index (χ2v) is 4.34. The normalized spacial score (nSPS) is 25.7. The van der Waals surface area contributed by atoms with E-state index in [9.17, 15) is 10.2 Å². The number of hydrogen-bond acceptors (Lipinski definition) is 4. The average molecular weight is 203 g/mol. The summed E-state index contributed by atoms with van der Waals surface area (Å²) in [5.41, 5.74) is 4.51. The number of aliphatic hydroxyl groups excluding tert-OH is 1. The van der Waals surface area contributed by atoms with E-state index in [-0.39, 0.29) is 12.5 Å². The lowest BCUT2D eigenvalue weighted by Gasteiger charge is -2.36. The van der Waals surface area contributed by atoms with Crippen molar-refractivity contribution in [2.24, 2.45) is 11.7 Å². The van der Waals surface area contributed by atoms with Gasteiger partial charge in [0.2, 0.25) is 0 Å². The molecule has 4 heteroatoms. The van der Waals surface area contributed by atoms with Crippen LogP contribution in [0.1, 0.15) is 26.2 Å². The highest BCUT2D eigenvalue weighted by molar-refractivity contribution is 4.86. The Balaban J connectivity index is 2.45. The zero-order chi connectivity index (χ0) is 10.6. The summed E-state index contributed by atoms with van der Waals surface area (Å²) in [6.45, 7) is 3.40. The molecule has 0 radical (unpaired) electrons. The molecule has 1 heterocycles. The van der Waals surface area contributed by atoms with Gasteiger partial charge in [-0.2, -0.15) is 0 Å². The van der Waals surface area contributed by atoms with Gasteiger partial charge in [0.25, 0.3) is 0 Å². The molecule has 1 aliphatic heterocycles. The van der Waals surface area contributed by atoms with Crippen LogP contribution in [-0.4, -0.2) is 41.7 Å². The van der Waals surface area contributed by atoms with Crippen LogP contribution in [0.2, 0.25) is 0 Å². The van der Waals surface area contributed by atoms with Crippen LogP contribution >= 0.6 is 0 Å². The van der Waals surface area contributed by atoms with Gasteiger partial charge < -0.3 is 20.7 Å². The maximum absolute atomic E-state index is 10.2. The molecule has 0 amide bonds. The third-order valence-electron chi connectivity index (χ3n) is 3.02. The van der Waals surface area contributed by atoms with Crippen molar-refractivity contribution in [1.29, 1.82) is 0 Å². The Hall–Kier alpha value is -0.160. The van der Waals surface area contributed by atoms with Crippen molar-refractivity contribution in [2.45, 2.75) is 37.9 Å². The molecule has 0 aromatic heterocycles. The Morgan fingerprint density at radius 1 is 1.50 bits per heavy atom. The smallest absolute Gasteiger partial charge is 0.0689 e. The van der Waals surface area contributed by atoms with Gasteiger partial charge >= 0.3 is 0 Å². The first kappa shape index (κ1) is 11.9. The molecule has 0 bridgehead atoms. The molecule has 1 saturated heterocycles. The maximum atomic E-state index is 10.2. The molecule has 0 aromatic carbocycles.